The zero-order valence-electron chi connectivity index (χ0n) is 15.2. The number of ether oxygens (including phenoxy) is 1. The van der Waals surface area contributed by atoms with Gasteiger partial charge in [0.2, 0.25) is 0 Å². The van der Waals surface area contributed by atoms with E-state index in [1.165, 1.54) is 0 Å². The Balaban J connectivity index is 1.94. The minimum absolute atomic E-state index is 0.0180. The molecule has 4 rings (SSSR count). The summed E-state index contributed by atoms with van der Waals surface area (Å²) >= 11 is 5.98. The number of rotatable bonds is 3. The van der Waals surface area contributed by atoms with E-state index in [1.54, 1.807) is 23.7 Å². The van der Waals surface area contributed by atoms with Crippen LogP contribution in [0.1, 0.15) is 11.4 Å². The third kappa shape index (κ3) is 3.22. The van der Waals surface area contributed by atoms with Crippen molar-refractivity contribution in [2.24, 2.45) is 7.05 Å². The van der Waals surface area contributed by atoms with E-state index in [0.29, 0.717) is 22.1 Å². The van der Waals surface area contributed by atoms with E-state index in [9.17, 15) is 4.79 Å². The van der Waals surface area contributed by atoms with Crippen molar-refractivity contribution in [1.82, 2.24) is 14.5 Å². The van der Waals surface area contributed by atoms with Crippen molar-refractivity contribution < 1.29 is 4.74 Å². The van der Waals surface area contributed by atoms with Gasteiger partial charge in [0.05, 0.1) is 5.52 Å². The van der Waals surface area contributed by atoms with Crippen molar-refractivity contribution in [3.8, 4) is 22.6 Å². The molecule has 0 aliphatic heterocycles. The van der Waals surface area contributed by atoms with Gasteiger partial charge >= 0.3 is 0 Å². The number of hydrogen-bond acceptors (Lipinski definition) is 3. The van der Waals surface area contributed by atoms with Crippen LogP contribution < -0.4 is 10.3 Å². The molecule has 136 valence electrons. The highest BCUT2D eigenvalue weighted by atomic mass is 35.5. The molecule has 2 heterocycles. The largest absolute Gasteiger partial charge is 0.454 e. The molecule has 1 N–H and O–H groups in total. The van der Waals surface area contributed by atoms with E-state index in [2.05, 4.69) is 9.97 Å². The summed E-state index contributed by atoms with van der Waals surface area (Å²) in [5.41, 5.74) is 4.04. The second-order valence-corrected chi connectivity index (χ2v) is 6.98. The average Bonchev–Trinajstić information content (AvgIpc) is 3.02. The van der Waals surface area contributed by atoms with E-state index < -0.39 is 0 Å². The quantitative estimate of drug-likeness (QED) is 0.545. The lowest BCUT2D eigenvalue weighted by atomic mass is 10.0. The number of H-pyrrole nitrogens is 1. The van der Waals surface area contributed by atoms with Crippen molar-refractivity contribution in [3.63, 3.8) is 0 Å². The molecule has 0 aliphatic carbocycles. The summed E-state index contributed by atoms with van der Waals surface area (Å²) < 4.78 is 7.81. The number of pyridine rings is 1. The Morgan fingerprint density at radius 3 is 2.56 bits per heavy atom. The number of nitrogens with one attached hydrogen (secondary N) is 1. The van der Waals surface area contributed by atoms with Crippen LogP contribution >= 0.6 is 11.6 Å². The van der Waals surface area contributed by atoms with Gasteiger partial charge in [-0.25, -0.2) is 4.98 Å². The number of halogens is 1. The number of benzene rings is 2. The number of fused-ring (bicyclic) bond motifs is 1. The standard InChI is InChI=1S/C21H18ClN3O2/c1-12-10-14(11-25(3)21(12)26)17-8-9-18-19(24-13(2)23-18)20(17)27-16-6-4-15(22)5-7-16/h4-11H,1-3H3,(H,23,24). The second-order valence-electron chi connectivity index (χ2n) is 6.54. The average molecular weight is 380 g/mol. The van der Waals surface area contributed by atoms with Gasteiger partial charge in [-0.3, -0.25) is 4.79 Å². The first-order valence-corrected chi connectivity index (χ1v) is 8.90. The van der Waals surface area contributed by atoms with Gasteiger partial charge in [-0.05, 0) is 56.3 Å². The van der Waals surface area contributed by atoms with Gasteiger partial charge in [0.25, 0.3) is 5.56 Å². The van der Waals surface area contributed by atoms with E-state index in [4.69, 9.17) is 16.3 Å². The van der Waals surface area contributed by atoms with Gasteiger partial charge in [0.15, 0.2) is 5.75 Å². The summed E-state index contributed by atoms with van der Waals surface area (Å²) in [6.07, 6.45) is 1.81. The van der Waals surface area contributed by atoms with Gasteiger partial charge in [0, 0.05) is 35.0 Å². The minimum Gasteiger partial charge on any atom is -0.454 e. The van der Waals surface area contributed by atoms with Crippen LogP contribution in [-0.4, -0.2) is 14.5 Å². The number of imidazole rings is 1. The molecular formula is C21H18ClN3O2. The maximum atomic E-state index is 12.1. The second kappa shape index (κ2) is 6.59. The molecule has 0 spiro atoms. The van der Waals surface area contributed by atoms with Gasteiger partial charge in [0.1, 0.15) is 17.1 Å². The molecule has 0 atom stereocenters. The molecule has 27 heavy (non-hydrogen) atoms. The molecule has 2 aromatic carbocycles. The lowest BCUT2D eigenvalue weighted by molar-refractivity contribution is 0.489. The Kier molecular flexibility index (Phi) is 4.24. The minimum atomic E-state index is -0.0180. The monoisotopic (exact) mass is 379 g/mol. The Bertz CT molecular complexity index is 1180. The van der Waals surface area contributed by atoms with E-state index in [-0.39, 0.29) is 5.56 Å². The van der Waals surface area contributed by atoms with Crippen molar-refractivity contribution in [2.75, 3.05) is 0 Å². The summed E-state index contributed by atoms with van der Waals surface area (Å²) in [5.74, 6) is 2.10. The molecule has 0 fully saturated rings. The van der Waals surface area contributed by atoms with Crippen LogP contribution in [0.25, 0.3) is 22.2 Å². The van der Waals surface area contributed by atoms with Crippen LogP contribution in [0.3, 0.4) is 0 Å². The third-order valence-electron chi connectivity index (χ3n) is 4.43. The molecule has 2 aromatic heterocycles. The Morgan fingerprint density at radius 1 is 1.11 bits per heavy atom. The van der Waals surface area contributed by atoms with Gasteiger partial charge in [-0.1, -0.05) is 11.6 Å². The van der Waals surface area contributed by atoms with E-state index >= 15 is 0 Å². The molecule has 0 saturated carbocycles. The lowest BCUT2D eigenvalue weighted by Gasteiger charge is -2.13. The lowest BCUT2D eigenvalue weighted by Crippen LogP contribution is -2.18. The van der Waals surface area contributed by atoms with Gasteiger partial charge < -0.3 is 14.3 Å². The molecule has 0 bridgehead atoms. The summed E-state index contributed by atoms with van der Waals surface area (Å²) in [4.78, 5) is 19.9. The fraction of sp³-hybridized carbons (Fsp3) is 0.143. The zero-order valence-corrected chi connectivity index (χ0v) is 16.0. The predicted molar refractivity (Wildman–Crippen MR) is 108 cm³/mol. The molecule has 0 aliphatic rings. The van der Waals surface area contributed by atoms with Crippen LogP contribution in [0.15, 0.2) is 53.5 Å². The van der Waals surface area contributed by atoms with E-state index in [1.807, 2.05) is 50.4 Å². The summed E-state index contributed by atoms with van der Waals surface area (Å²) in [6, 6.07) is 13.0. The highest BCUT2D eigenvalue weighted by Crippen LogP contribution is 2.38. The fourth-order valence-corrected chi connectivity index (χ4v) is 3.28. The van der Waals surface area contributed by atoms with Crippen molar-refractivity contribution in [3.05, 3.63) is 75.4 Å². The summed E-state index contributed by atoms with van der Waals surface area (Å²) in [7, 11) is 1.75. The number of hydrogen-bond donors (Lipinski definition) is 1. The summed E-state index contributed by atoms with van der Waals surface area (Å²) in [5, 5.41) is 0.644. The number of nitrogens with zero attached hydrogens (tertiary/aromatic N) is 2. The fourth-order valence-electron chi connectivity index (χ4n) is 3.15. The third-order valence-corrected chi connectivity index (χ3v) is 4.69. The maximum absolute atomic E-state index is 12.1. The molecule has 0 amide bonds. The maximum Gasteiger partial charge on any atom is 0.253 e. The molecule has 0 radical (unpaired) electrons. The Labute approximate surface area is 161 Å². The number of aryl methyl sites for hydroxylation is 3. The molecule has 6 heteroatoms. The van der Waals surface area contributed by atoms with Gasteiger partial charge in [-0.2, -0.15) is 0 Å². The topological polar surface area (TPSA) is 59.9 Å². The molecule has 0 unspecified atom stereocenters. The first-order chi connectivity index (χ1) is 12.9. The highest BCUT2D eigenvalue weighted by molar-refractivity contribution is 6.30. The first-order valence-electron chi connectivity index (χ1n) is 8.53. The van der Waals surface area contributed by atoms with Crippen LogP contribution in [0, 0.1) is 13.8 Å². The SMILES string of the molecule is Cc1nc2c(Oc3ccc(Cl)cc3)c(-c3cc(C)c(=O)n(C)c3)ccc2[nH]1. The van der Waals surface area contributed by atoms with Crippen LogP contribution in [0.5, 0.6) is 11.5 Å². The Morgan fingerprint density at radius 2 is 1.85 bits per heavy atom. The van der Waals surface area contributed by atoms with Crippen LogP contribution in [0.4, 0.5) is 0 Å². The smallest absolute Gasteiger partial charge is 0.253 e. The number of aromatic amines is 1. The summed E-state index contributed by atoms with van der Waals surface area (Å²) in [6.45, 7) is 3.71. The van der Waals surface area contributed by atoms with Crippen molar-refractivity contribution >= 4 is 22.6 Å². The van der Waals surface area contributed by atoms with Crippen molar-refractivity contribution in [1.29, 1.82) is 0 Å². The number of aromatic nitrogens is 3. The van der Waals surface area contributed by atoms with Crippen molar-refractivity contribution in [2.45, 2.75) is 13.8 Å². The molecular weight excluding hydrogens is 362 g/mol. The van der Waals surface area contributed by atoms with Crippen LogP contribution in [0.2, 0.25) is 5.02 Å². The molecule has 4 aromatic rings. The highest BCUT2D eigenvalue weighted by Gasteiger charge is 2.16. The van der Waals surface area contributed by atoms with Crippen LogP contribution in [-0.2, 0) is 7.05 Å². The Hall–Kier alpha value is -3.05. The van der Waals surface area contributed by atoms with Gasteiger partial charge in [-0.15, -0.1) is 0 Å². The first kappa shape index (κ1) is 17.4. The van der Waals surface area contributed by atoms with E-state index in [0.717, 1.165) is 28.0 Å². The normalized spacial score (nSPS) is 11.1. The zero-order chi connectivity index (χ0) is 19.1. The molecule has 5 nitrogen and oxygen atoms in total. The molecule has 0 saturated heterocycles. The predicted octanol–water partition coefficient (Wildman–Crippen LogP) is 4.99.